The van der Waals surface area contributed by atoms with Gasteiger partial charge in [0, 0.05) is 44.2 Å². The predicted molar refractivity (Wildman–Crippen MR) is 269 cm³/mol. The van der Waals surface area contributed by atoms with Gasteiger partial charge in [0.1, 0.15) is 11.5 Å². The van der Waals surface area contributed by atoms with E-state index in [4.69, 9.17) is 68.2 Å². The zero-order valence-corrected chi connectivity index (χ0v) is 44.7. The first-order chi connectivity index (χ1) is 37.2. The Morgan fingerprint density at radius 1 is 0.688 bits per heavy atom. The van der Waals surface area contributed by atoms with E-state index in [1.807, 2.05) is 13.8 Å². The van der Waals surface area contributed by atoms with Crippen LogP contribution in [0, 0.1) is 23.3 Å². The van der Waals surface area contributed by atoms with Crippen molar-refractivity contribution in [3.05, 3.63) is 46.8 Å². The number of hydrogen-bond acceptors (Lipinski definition) is 21. The van der Waals surface area contributed by atoms with Crippen molar-refractivity contribution in [1.29, 1.82) is 0 Å². The number of esters is 1. The number of benzene rings is 1. The fraction of sp³-hybridized carbons (Fsp3) is 0.688. The van der Waals surface area contributed by atoms with Crippen molar-refractivity contribution >= 4 is 39.4 Å². The molecule has 0 radical (unpaired) electrons. The molecule has 2 amide bonds. The lowest BCUT2D eigenvalue weighted by Crippen LogP contribution is -2.34. The fourth-order valence-electron chi connectivity index (χ4n) is 6.30. The average molecular weight is 1130 g/mol. The summed E-state index contributed by atoms with van der Waals surface area (Å²) < 4.78 is 145. The lowest BCUT2D eigenvalue weighted by Gasteiger charge is -2.21. The second-order valence-electron chi connectivity index (χ2n) is 16.0. The molecule has 0 aromatic heterocycles. The smallest absolute Gasteiger partial charge is 0.313 e. The highest BCUT2D eigenvalue weighted by molar-refractivity contribution is 7.85. The van der Waals surface area contributed by atoms with Gasteiger partial charge in [0.2, 0.25) is 23.3 Å². The van der Waals surface area contributed by atoms with Crippen LogP contribution in [0.2, 0.25) is 0 Å². The SMILES string of the molecule is CCCN(OCC)C(=O)C1=CC(=NCCCCCC(=O)NCCOCCOCCOCCOCCOCCOCCOCCOCCOCCOCCC(=O)Oc2c(F)c(F)c(S(=O)(=O)O)c(F)c2F)C(=CN)N=C(N)C1. The average Bonchev–Trinajstić information content (AvgIpc) is 3.56. The molecule has 0 saturated heterocycles. The number of unbranched alkanes of at least 4 members (excludes halogenated alkanes) is 2. The molecule has 0 atom stereocenters. The second-order valence-corrected chi connectivity index (χ2v) is 17.3. The van der Waals surface area contributed by atoms with Crippen LogP contribution in [0.4, 0.5) is 17.6 Å². The molecular formula is C48H76F4N6O18S. The minimum atomic E-state index is -5.65. The minimum absolute atomic E-state index is 0.0174. The Hall–Kier alpha value is -4.76. The van der Waals surface area contributed by atoms with Gasteiger partial charge < -0.3 is 68.9 Å². The molecule has 0 spiro atoms. The zero-order chi connectivity index (χ0) is 56.5. The molecular weight excluding hydrogens is 1060 g/mol. The van der Waals surface area contributed by atoms with Gasteiger partial charge in [-0.3, -0.25) is 28.8 Å². The molecule has 1 aliphatic rings. The van der Waals surface area contributed by atoms with E-state index in [0.29, 0.717) is 155 Å². The van der Waals surface area contributed by atoms with Crippen LogP contribution in [0.3, 0.4) is 0 Å². The van der Waals surface area contributed by atoms with Crippen molar-refractivity contribution < 1.29 is 102 Å². The van der Waals surface area contributed by atoms with Gasteiger partial charge in [-0.1, -0.05) is 13.3 Å². The van der Waals surface area contributed by atoms with E-state index in [1.165, 1.54) is 11.3 Å². The molecule has 1 heterocycles. The van der Waals surface area contributed by atoms with E-state index in [0.717, 1.165) is 19.3 Å². The van der Waals surface area contributed by atoms with E-state index >= 15 is 0 Å². The Morgan fingerprint density at radius 2 is 1.14 bits per heavy atom. The maximum atomic E-state index is 14.0. The van der Waals surface area contributed by atoms with E-state index in [1.54, 1.807) is 6.08 Å². The molecule has 29 heteroatoms. The van der Waals surface area contributed by atoms with E-state index in [-0.39, 0.29) is 57.1 Å². The third-order valence-electron chi connectivity index (χ3n) is 9.95. The number of nitrogens with two attached hydrogens (primary N) is 2. The Balaban J connectivity index is 1.29. The summed E-state index contributed by atoms with van der Waals surface area (Å²) in [6.07, 6.45) is 5.87. The Bertz CT molecular complexity index is 2090. The van der Waals surface area contributed by atoms with Crippen LogP contribution in [-0.4, -0.2) is 206 Å². The fourth-order valence-corrected chi connectivity index (χ4v) is 6.93. The quantitative estimate of drug-likeness (QED) is 0.0139. The van der Waals surface area contributed by atoms with E-state index < -0.39 is 56.4 Å². The van der Waals surface area contributed by atoms with Gasteiger partial charge >= 0.3 is 16.1 Å². The maximum Gasteiger partial charge on any atom is 0.313 e. The molecule has 0 aliphatic carbocycles. The van der Waals surface area contributed by atoms with Gasteiger partial charge in [-0.25, -0.2) is 18.8 Å². The number of hydrogen-bond donors (Lipinski definition) is 4. The summed E-state index contributed by atoms with van der Waals surface area (Å²) in [7, 11) is -5.65. The zero-order valence-electron chi connectivity index (χ0n) is 43.9. The molecule has 6 N–H and O–H groups in total. The minimum Gasteiger partial charge on any atom is -0.420 e. The van der Waals surface area contributed by atoms with Crippen molar-refractivity contribution in [2.24, 2.45) is 21.5 Å². The van der Waals surface area contributed by atoms with Crippen LogP contribution in [0.5, 0.6) is 5.75 Å². The molecule has 440 valence electrons. The molecule has 0 bridgehead atoms. The number of nitrogens with one attached hydrogen (secondary N) is 1. The number of carbonyl (C=O) groups is 3. The number of amidine groups is 1. The Morgan fingerprint density at radius 3 is 1.57 bits per heavy atom. The van der Waals surface area contributed by atoms with Gasteiger partial charge in [-0.2, -0.15) is 17.2 Å². The number of rotatable bonds is 46. The highest BCUT2D eigenvalue weighted by atomic mass is 32.2. The Kier molecular flexibility index (Phi) is 37.5. The number of halogens is 4. The summed E-state index contributed by atoms with van der Waals surface area (Å²) in [5.41, 5.74) is 13.2. The lowest BCUT2D eigenvalue weighted by atomic mass is 10.1. The van der Waals surface area contributed by atoms with E-state index in [2.05, 4.69) is 20.0 Å². The van der Waals surface area contributed by atoms with Crippen LogP contribution in [0.25, 0.3) is 0 Å². The van der Waals surface area contributed by atoms with Crippen LogP contribution >= 0.6 is 0 Å². The summed E-state index contributed by atoms with van der Waals surface area (Å²) in [6.45, 7) is 11.5. The molecule has 0 fully saturated rings. The highest BCUT2D eigenvalue weighted by Gasteiger charge is 2.34. The highest BCUT2D eigenvalue weighted by Crippen LogP contribution is 2.32. The van der Waals surface area contributed by atoms with Crippen molar-refractivity contribution in [3.63, 3.8) is 0 Å². The molecule has 2 rings (SSSR count). The molecule has 24 nitrogen and oxygen atoms in total. The van der Waals surface area contributed by atoms with Crippen LogP contribution in [0.15, 0.2) is 38.4 Å². The Labute approximate surface area is 446 Å². The number of hydroxylamine groups is 2. The summed E-state index contributed by atoms with van der Waals surface area (Å²) in [4.78, 5) is 49.5. The normalized spacial score (nSPS) is 14.0. The van der Waals surface area contributed by atoms with Crippen molar-refractivity contribution in [2.45, 2.75) is 63.7 Å². The summed E-state index contributed by atoms with van der Waals surface area (Å²) in [6, 6.07) is 0. The first-order valence-electron chi connectivity index (χ1n) is 25.2. The van der Waals surface area contributed by atoms with Crippen LogP contribution < -0.4 is 21.5 Å². The third kappa shape index (κ3) is 30.3. The second kappa shape index (κ2) is 42.2. The number of carbonyl (C=O) groups excluding carboxylic acids is 3. The lowest BCUT2D eigenvalue weighted by molar-refractivity contribution is -0.180. The number of nitrogens with zero attached hydrogens (tertiary/aromatic N) is 3. The number of amides is 2. The molecule has 1 aromatic carbocycles. The molecule has 77 heavy (non-hydrogen) atoms. The monoisotopic (exact) mass is 1130 g/mol. The molecule has 0 saturated carbocycles. The standard InChI is InChI=1S/C48H76F4N6O18S/c1-3-12-58(75-4-2)48(61)36-33-37(38(35-53)57-39(54)34-36)55-10-7-5-6-8-40(59)56-11-14-66-16-18-68-20-22-70-24-26-72-28-30-74-32-31-73-29-27-71-25-23-69-21-19-67-17-15-65-13-9-41(60)76-46-42(49)44(51)47(77(62,63)64)45(52)43(46)50/h33,35H,3-32,34,53H2,1-2H3,(H2,54,57)(H,56,59)(H,62,63,64). The predicted octanol–water partition coefficient (Wildman–Crippen LogP) is 2.75. The van der Waals surface area contributed by atoms with Gasteiger partial charge in [0.25, 0.3) is 5.91 Å². The van der Waals surface area contributed by atoms with Crippen LogP contribution in [0.1, 0.15) is 58.8 Å². The van der Waals surface area contributed by atoms with Crippen molar-refractivity contribution in [1.82, 2.24) is 10.4 Å². The topological polar surface area (TPSA) is 308 Å². The largest absolute Gasteiger partial charge is 0.420 e. The first kappa shape index (κ1) is 68.3. The number of aliphatic imine (C=N–C) groups is 2. The summed E-state index contributed by atoms with van der Waals surface area (Å²) in [5, 5.41) is 4.18. The number of ether oxygens (including phenoxy) is 11. The van der Waals surface area contributed by atoms with Gasteiger partial charge in [-0.05, 0) is 32.3 Å². The van der Waals surface area contributed by atoms with Crippen molar-refractivity contribution in [2.75, 3.05) is 158 Å². The van der Waals surface area contributed by atoms with Gasteiger partial charge in [0.05, 0.1) is 151 Å². The summed E-state index contributed by atoms with van der Waals surface area (Å²) >= 11 is 0. The van der Waals surface area contributed by atoms with Crippen molar-refractivity contribution in [3.8, 4) is 5.75 Å². The van der Waals surface area contributed by atoms with E-state index in [9.17, 15) is 40.4 Å². The maximum absolute atomic E-state index is 14.0. The third-order valence-corrected chi connectivity index (χ3v) is 10.8. The summed E-state index contributed by atoms with van der Waals surface area (Å²) in [5.74, 6) is -12.8. The van der Waals surface area contributed by atoms with Crippen LogP contribution in [-0.2, 0) is 76.7 Å². The van der Waals surface area contributed by atoms with Gasteiger partial charge in [-0.15, -0.1) is 0 Å². The molecule has 1 aliphatic heterocycles. The first-order valence-corrected chi connectivity index (χ1v) is 26.6. The van der Waals surface area contributed by atoms with Gasteiger partial charge in [0.15, 0.2) is 16.5 Å². The number of allylic oxidation sites excluding steroid dienone is 1. The molecule has 1 aromatic rings. The molecule has 0 unspecified atom stereocenters.